The van der Waals surface area contributed by atoms with Crippen LogP contribution in [0.25, 0.3) is 0 Å². The van der Waals surface area contributed by atoms with Crippen molar-refractivity contribution in [1.82, 2.24) is 4.98 Å². The van der Waals surface area contributed by atoms with Gasteiger partial charge in [-0.1, -0.05) is 22.0 Å². The van der Waals surface area contributed by atoms with Crippen LogP contribution in [0.3, 0.4) is 0 Å². The maximum atomic E-state index is 5.60. The highest BCUT2D eigenvalue weighted by atomic mass is 79.9. The second-order valence-corrected chi connectivity index (χ2v) is 4.89. The number of pyridine rings is 1. The fourth-order valence-electron chi connectivity index (χ4n) is 1.16. The van der Waals surface area contributed by atoms with Crippen molar-refractivity contribution in [3.63, 3.8) is 0 Å². The summed E-state index contributed by atoms with van der Waals surface area (Å²) < 4.78 is 7.29. The lowest BCUT2D eigenvalue weighted by Crippen LogP contribution is -1.92. The zero-order valence-corrected chi connectivity index (χ0v) is 11.3. The average molecular weight is 344 g/mol. The molecule has 0 radical (unpaired) electrons. The lowest BCUT2D eigenvalue weighted by Gasteiger charge is -2.07. The molecule has 0 fully saturated rings. The van der Waals surface area contributed by atoms with Crippen molar-refractivity contribution in [2.45, 2.75) is 0 Å². The minimum atomic E-state index is 0.493. The maximum Gasteiger partial charge on any atom is 0.233 e. The molecule has 1 heterocycles. The number of anilines is 1. The van der Waals surface area contributed by atoms with E-state index in [2.05, 4.69) is 36.8 Å². The third-order valence-electron chi connectivity index (χ3n) is 1.84. The van der Waals surface area contributed by atoms with Gasteiger partial charge in [0.05, 0.1) is 16.4 Å². The summed E-state index contributed by atoms with van der Waals surface area (Å²) in [4.78, 5) is 4.09. The molecule has 0 saturated carbocycles. The molecular formula is C11H8Br2N2O. The Morgan fingerprint density at radius 2 is 2.00 bits per heavy atom. The molecule has 16 heavy (non-hydrogen) atoms. The Labute approximate surface area is 110 Å². The van der Waals surface area contributed by atoms with Crippen molar-refractivity contribution in [1.29, 1.82) is 0 Å². The molecule has 0 aliphatic rings. The van der Waals surface area contributed by atoms with Crippen molar-refractivity contribution >= 4 is 37.5 Å². The molecule has 0 saturated heterocycles. The molecule has 1 aromatic carbocycles. The van der Waals surface area contributed by atoms with E-state index in [4.69, 9.17) is 10.5 Å². The van der Waals surface area contributed by atoms with E-state index < -0.39 is 0 Å². The number of nitrogens with zero attached hydrogens (tertiary/aromatic N) is 1. The Morgan fingerprint density at radius 1 is 1.19 bits per heavy atom. The van der Waals surface area contributed by atoms with Crippen LogP contribution in [-0.4, -0.2) is 4.98 Å². The van der Waals surface area contributed by atoms with Gasteiger partial charge < -0.3 is 10.5 Å². The Bertz CT molecular complexity index is 517. The lowest BCUT2D eigenvalue weighted by molar-refractivity contribution is 0.459. The van der Waals surface area contributed by atoms with Crippen LogP contribution in [0.4, 0.5) is 5.69 Å². The van der Waals surface area contributed by atoms with Gasteiger partial charge in [-0.25, -0.2) is 4.98 Å². The van der Waals surface area contributed by atoms with Crippen molar-refractivity contribution in [2.24, 2.45) is 0 Å². The molecule has 82 valence electrons. The van der Waals surface area contributed by atoms with Gasteiger partial charge >= 0.3 is 0 Å². The lowest BCUT2D eigenvalue weighted by atomic mass is 10.3. The minimum absolute atomic E-state index is 0.493. The molecule has 0 aliphatic heterocycles. The third kappa shape index (κ3) is 2.74. The summed E-state index contributed by atoms with van der Waals surface area (Å²) in [6.07, 6.45) is 1.55. The van der Waals surface area contributed by atoms with Gasteiger partial charge in [0.1, 0.15) is 5.75 Å². The molecule has 0 aliphatic carbocycles. The van der Waals surface area contributed by atoms with E-state index in [1.54, 1.807) is 12.3 Å². The number of rotatable bonds is 2. The summed E-state index contributed by atoms with van der Waals surface area (Å²) in [5, 5.41) is 0. The van der Waals surface area contributed by atoms with E-state index in [0.29, 0.717) is 17.3 Å². The number of hydrogen-bond donors (Lipinski definition) is 1. The summed E-state index contributed by atoms with van der Waals surface area (Å²) in [5.74, 6) is 1.21. The molecule has 0 atom stereocenters. The Kier molecular flexibility index (Phi) is 3.46. The normalized spacial score (nSPS) is 10.1. The molecule has 5 heteroatoms. The number of hydrogen-bond acceptors (Lipinski definition) is 3. The Hall–Kier alpha value is -1.07. The first-order valence-corrected chi connectivity index (χ1v) is 6.08. The number of halogens is 2. The van der Waals surface area contributed by atoms with E-state index in [1.807, 2.05) is 24.3 Å². The van der Waals surface area contributed by atoms with Gasteiger partial charge in [0.15, 0.2) is 0 Å². The van der Waals surface area contributed by atoms with Crippen LogP contribution < -0.4 is 10.5 Å². The third-order valence-corrected chi connectivity index (χ3v) is 2.90. The van der Waals surface area contributed by atoms with Crippen molar-refractivity contribution in [2.75, 3.05) is 5.73 Å². The number of nitrogen functional groups attached to an aromatic ring is 1. The van der Waals surface area contributed by atoms with E-state index in [1.165, 1.54) is 0 Å². The van der Waals surface area contributed by atoms with E-state index >= 15 is 0 Å². The summed E-state index contributed by atoms with van der Waals surface area (Å²) >= 11 is 6.72. The second-order valence-electron chi connectivity index (χ2n) is 3.12. The van der Waals surface area contributed by atoms with Crippen LogP contribution in [0.15, 0.2) is 45.5 Å². The van der Waals surface area contributed by atoms with Crippen LogP contribution >= 0.6 is 31.9 Å². The molecule has 2 N–H and O–H groups in total. The fourth-order valence-corrected chi connectivity index (χ4v) is 1.98. The van der Waals surface area contributed by atoms with E-state index in [-0.39, 0.29) is 0 Å². The quantitative estimate of drug-likeness (QED) is 0.897. The first-order valence-electron chi connectivity index (χ1n) is 4.49. The SMILES string of the molecule is Nc1cnc(Oc2cccc(Br)c2)c(Br)c1. The highest BCUT2D eigenvalue weighted by molar-refractivity contribution is 9.10. The van der Waals surface area contributed by atoms with Gasteiger partial charge in [-0.3, -0.25) is 0 Å². The number of nitrogens with two attached hydrogens (primary N) is 1. The Balaban J connectivity index is 2.27. The first-order chi connectivity index (χ1) is 7.65. The molecule has 0 amide bonds. The molecule has 0 bridgehead atoms. The topological polar surface area (TPSA) is 48.1 Å². The van der Waals surface area contributed by atoms with E-state index in [0.717, 1.165) is 8.95 Å². The van der Waals surface area contributed by atoms with Crippen LogP contribution in [0.1, 0.15) is 0 Å². The van der Waals surface area contributed by atoms with Crippen LogP contribution in [-0.2, 0) is 0 Å². The molecule has 2 aromatic rings. The minimum Gasteiger partial charge on any atom is -0.438 e. The molecule has 0 unspecified atom stereocenters. The van der Waals surface area contributed by atoms with Gasteiger partial charge in [0.2, 0.25) is 5.88 Å². The summed E-state index contributed by atoms with van der Waals surface area (Å²) in [6.45, 7) is 0. The molecular weight excluding hydrogens is 336 g/mol. The second kappa shape index (κ2) is 4.84. The number of aromatic nitrogens is 1. The maximum absolute atomic E-state index is 5.60. The largest absolute Gasteiger partial charge is 0.438 e. The molecule has 0 spiro atoms. The van der Waals surface area contributed by atoms with Crippen LogP contribution in [0, 0.1) is 0 Å². The van der Waals surface area contributed by atoms with Gasteiger partial charge in [0, 0.05) is 4.47 Å². The van der Waals surface area contributed by atoms with Crippen LogP contribution in [0.2, 0.25) is 0 Å². The van der Waals surface area contributed by atoms with Gasteiger partial charge in [0.25, 0.3) is 0 Å². The Morgan fingerprint density at radius 3 is 2.69 bits per heavy atom. The number of benzene rings is 1. The predicted octanol–water partition coefficient (Wildman–Crippen LogP) is 3.98. The number of ether oxygens (including phenoxy) is 1. The van der Waals surface area contributed by atoms with E-state index in [9.17, 15) is 0 Å². The zero-order chi connectivity index (χ0) is 11.5. The summed E-state index contributed by atoms with van der Waals surface area (Å²) in [7, 11) is 0. The zero-order valence-electron chi connectivity index (χ0n) is 8.15. The monoisotopic (exact) mass is 342 g/mol. The van der Waals surface area contributed by atoms with Gasteiger partial charge in [-0.05, 0) is 40.2 Å². The molecule has 2 rings (SSSR count). The first kappa shape index (κ1) is 11.4. The average Bonchev–Trinajstić information content (AvgIpc) is 2.22. The van der Waals surface area contributed by atoms with Crippen molar-refractivity contribution < 1.29 is 4.74 Å². The summed E-state index contributed by atoms with van der Waals surface area (Å²) in [6, 6.07) is 9.29. The van der Waals surface area contributed by atoms with Crippen LogP contribution in [0.5, 0.6) is 11.6 Å². The van der Waals surface area contributed by atoms with Gasteiger partial charge in [-0.15, -0.1) is 0 Å². The predicted molar refractivity (Wildman–Crippen MR) is 70.6 cm³/mol. The fraction of sp³-hybridized carbons (Fsp3) is 0. The summed E-state index contributed by atoms with van der Waals surface area (Å²) in [5.41, 5.74) is 6.18. The highest BCUT2D eigenvalue weighted by Crippen LogP contribution is 2.29. The standard InChI is InChI=1S/C11H8Br2N2O/c12-7-2-1-3-9(4-7)16-11-10(13)5-8(14)6-15-11/h1-6H,14H2. The van der Waals surface area contributed by atoms with Crippen molar-refractivity contribution in [3.05, 3.63) is 45.5 Å². The van der Waals surface area contributed by atoms with Gasteiger partial charge in [-0.2, -0.15) is 0 Å². The highest BCUT2D eigenvalue weighted by Gasteiger charge is 2.04. The molecule has 3 nitrogen and oxygen atoms in total. The molecule has 1 aromatic heterocycles. The smallest absolute Gasteiger partial charge is 0.233 e. The van der Waals surface area contributed by atoms with Crippen molar-refractivity contribution in [3.8, 4) is 11.6 Å².